The van der Waals surface area contributed by atoms with E-state index in [1.165, 1.54) is 5.56 Å². The van der Waals surface area contributed by atoms with Crippen molar-refractivity contribution in [3.8, 4) is 0 Å². The summed E-state index contributed by atoms with van der Waals surface area (Å²) in [4.78, 5) is 0. The largest absolute Gasteiger partial charge is 0.378 e. The maximum absolute atomic E-state index is 5.96. The van der Waals surface area contributed by atoms with Crippen LogP contribution in [0.25, 0.3) is 0 Å². The second kappa shape index (κ2) is 4.79. The fourth-order valence-electron chi connectivity index (χ4n) is 1.51. The first-order valence-corrected chi connectivity index (χ1v) is 5.99. The monoisotopic (exact) mass is 323 g/mol. The van der Waals surface area contributed by atoms with Gasteiger partial charge >= 0.3 is 0 Å². The van der Waals surface area contributed by atoms with Crippen molar-refractivity contribution in [1.82, 2.24) is 5.32 Å². The van der Waals surface area contributed by atoms with Crippen molar-refractivity contribution >= 4 is 34.2 Å². The molecule has 4 heteroatoms. The second-order valence-corrected chi connectivity index (χ2v) is 4.82. The van der Waals surface area contributed by atoms with Gasteiger partial charge in [-0.15, -0.1) is 0 Å². The number of morpholine rings is 1. The molecule has 14 heavy (non-hydrogen) atoms. The summed E-state index contributed by atoms with van der Waals surface area (Å²) in [6.07, 6.45) is 0. The van der Waals surface area contributed by atoms with Gasteiger partial charge in [0.2, 0.25) is 0 Å². The summed E-state index contributed by atoms with van der Waals surface area (Å²) in [7, 11) is 0. The van der Waals surface area contributed by atoms with Crippen LogP contribution in [-0.4, -0.2) is 19.8 Å². The van der Waals surface area contributed by atoms with E-state index >= 15 is 0 Å². The topological polar surface area (TPSA) is 21.3 Å². The normalized spacial score (nSPS) is 22.3. The molecule has 1 atom stereocenters. The Balaban J connectivity index is 2.18. The van der Waals surface area contributed by atoms with Crippen LogP contribution in [0.3, 0.4) is 0 Å². The number of hydrogen-bond donors (Lipinski definition) is 1. The number of hydrogen-bond acceptors (Lipinski definition) is 2. The highest BCUT2D eigenvalue weighted by molar-refractivity contribution is 14.1. The van der Waals surface area contributed by atoms with Gasteiger partial charge in [-0.3, -0.25) is 0 Å². The molecule has 2 rings (SSSR count). The van der Waals surface area contributed by atoms with Gasteiger partial charge in [-0.05, 0) is 40.3 Å². The molecular formula is C10H11ClINO. The van der Waals surface area contributed by atoms with E-state index in [1.54, 1.807) is 0 Å². The highest BCUT2D eigenvalue weighted by Crippen LogP contribution is 2.23. The van der Waals surface area contributed by atoms with Crippen molar-refractivity contribution in [2.45, 2.75) is 6.04 Å². The number of ether oxygens (including phenoxy) is 1. The Kier molecular flexibility index (Phi) is 3.65. The fraction of sp³-hybridized carbons (Fsp3) is 0.400. The highest BCUT2D eigenvalue weighted by Gasteiger charge is 2.15. The quantitative estimate of drug-likeness (QED) is 0.802. The molecular weight excluding hydrogens is 312 g/mol. The lowest BCUT2D eigenvalue weighted by atomic mass is 10.1. The first-order chi connectivity index (χ1) is 6.77. The summed E-state index contributed by atoms with van der Waals surface area (Å²) in [5, 5.41) is 4.22. The van der Waals surface area contributed by atoms with E-state index in [0.29, 0.717) is 6.04 Å². The molecule has 1 aliphatic rings. The molecule has 0 aromatic heterocycles. The first-order valence-electron chi connectivity index (χ1n) is 4.53. The van der Waals surface area contributed by atoms with Gasteiger partial charge in [0, 0.05) is 10.1 Å². The van der Waals surface area contributed by atoms with E-state index in [2.05, 4.69) is 40.0 Å². The highest BCUT2D eigenvalue weighted by atomic mass is 127. The van der Waals surface area contributed by atoms with E-state index in [-0.39, 0.29) is 0 Å². The molecule has 0 saturated carbocycles. The molecule has 1 fully saturated rings. The molecule has 0 spiro atoms. The Labute approximate surface area is 102 Å². The second-order valence-electron chi connectivity index (χ2n) is 3.26. The average molecular weight is 324 g/mol. The van der Waals surface area contributed by atoms with Crippen LogP contribution in [-0.2, 0) is 4.74 Å². The Bertz CT molecular complexity index is 326. The van der Waals surface area contributed by atoms with Gasteiger partial charge in [-0.2, -0.15) is 0 Å². The third-order valence-corrected chi connectivity index (χ3v) is 3.81. The number of rotatable bonds is 1. The Hall–Kier alpha value is 0.160. The minimum Gasteiger partial charge on any atom is -0.378 e. The van der Waals surface area contributed by atoms with E-state index in [4.69, 9.17) is 16.3 Å². The standard InChI is InChI=1S/C10H11ClINO/c11-8-2-1-7(5-9(8)12)10-6-14-4-3-13-10/h1-2,5,10,13H,3-4,6H2/t10-/m0/s1. The average Bonchev–Trinajstić information content (AvgIpc) is 2.23. The van der Waals surface area contributed by atoms with Crippen molar-refractivity contribution in [2.75, 3.05) is 19.8 Å². The Morgan fingerprint density at radius 2 is 2.36 bits per heavy atom. The zero-order valence-corrected chi connectivity index (χ0v) is 10.5. The SMILES string of the molecule is Clc1ccc([C@@H]2COCCN2)cc1I. The minimum atomic E-state index is 0.314. The summed E-state index contributed by atoms with van der Waals surface area (Å²) < 4.78 is 6.50. The van der Waals surface area contributed by atoms with Gasteiger partial charge in [0.15, 0.2) is 0 Å². The van der Waals surface area contributed by atoms with E-state index < -0.39 is 0 Å². The van der Waals surface area contributed by atoms with Crippen LogP contribution in [0, 0.1) is 3.57 Å². The van der Waals surface area contributed by atoms with Gasteiger partial charge < -0.3 is 10.1 Å². The van der Waals surface area contributed by atoms with E-state index in [9.17, 15) is 0 Å². The fourth-order valence-corrected chi connectivity index (χ4v) is 2.17. The zero-order valence-electron chi connectivity index (χ0n) is 7.59. The minimum absolute atomic E-state index is 0.314. The molecule has 0 radical (unpaired) electrons. The maximum Gasteiger partial charge on any atom is 0.0662 e. The summed E-state index contributed by atoms with van der Waals surface area (Å²) in [5.74, 6) is 0. The van der Waals surface area contributed by atoms with Crippen LogP contribution in [0.1, 0.15) is 11.6 Å². The van der Waals surface area contributed by atoms with Gasteiger partial charge in [0.1, 0.15) is 0 Å². The number of halogens is 2. The molecule has 0 bridgehead atoms. The third kappa shape index (κ3) is 2.39. The molecule has 0 unspecified atom stereocenters. The van der Waals surface area contributed by atoms with Crippen LogP contribution < -0.4 is 5.32 Å². The van der Waals surface area contributed by atoms with Crippen LogP contribution in [0.4, 0.5) is 0 Å². The van der Waals surface area contributed by atoms with Gasteiger partial charge in [0.25, 0.3) is 0 Å². The smallest absolute Gasteiger partial charge is 0.0662 e. The summed E-state index contributed by atoms with van der Waals surface area (Å²) in [6.45, 7) is 2.47. The van der Waals surface area contributed by atoms with Crippen LogP contribution in [0.2, 0.25) is 5.02 Å². The third-order valence-electron chi connectivity index (χ3n) is 2.27. The Morgan fingerprint density at radius 3 is 3.00 bits per heavy atom. The van der Waals surface area contributed by atoms with Crippen molar-refractivity contribution in [3.05, 3.63) is 32.4 Å². The molecule has 2 nitrogen and oxygen atoms in total. The zero-order chi connectivity index (χ0) is 9.97. The lowest BCUT2D eigenvalue weighted by Crippen LogP contribution is -2.34. The molecule has 1 saturated heterocycles. The predicted octanol–water partition coefficient (Wildman–Crippen LogP) is 2.61. The van der Waals surface area contributed by atoms with Crippen LogP contribution in [0.5, 0.6) is 0 Å². The van der Waals surface area contributed by atoms with E-state index in [0.717, 1.165) is 28.4 Å². The molecule has 1 heterocycles. The van der Waals surface area contributed by atoms with Crippen molar-refractivity contribution in [2.24, 2.45) is 0 Å². The number of benzene rings is 1. The van der Waals surface area contributed by atoms with Gasteiger partial charge in [0.05, 0.1) is 24.3 Å². The van der Waals surface area contributed by atoms with Crippen LogP contribution >= 0.6 is 34.2 Å². The summed E-state index contributed by atoms with van der Waals surface area (Å²) in [6, 6.07) is 6.41. The summed E-state index contributed by atoms with van der Waals surface area (Å²) in [5.41, 5.74) is 1.25. The maximum atomic E-state index is 5.96. The van der Waals surface area contributed by atoms with Crippen molar-refractivity contribution in [3.63, 3.8) is 0 Å². The van der Waals surface area contributed by atoms with Gasteiger partial charge in [-0.1, -0.05) is 17.7 Å². The molecule has 1 aromatic carbocycles. The lowest BCUT2D eigenvalue weighted by molar-refractivity contribution is 0.0768. The van der Waals surface area contributed by atoms with Crippen molar-refractivity contribution in [1.29, 1.82) is 0 Å². The molecule has 1 aromatic rings. The molecule has 76 valence electrons. The molecule has 0 aliphatic carbocycles. The molecule has 0 amide bonds. The van der Waals surface area contributed by atoms with Crippen LogP contribution in [0.15, 0.2) is 18.2 Å². The van der Waals surface area contributed by atoms with Gasteiger partial charge in [-0.25, -0.2) is 0 Å². The van der Waals surface area contributed by atoms with Crippen molar-refractivity contribution < 1.29 is 4.74 Å². The first kappa shape index (κ1) is 10.7. The lowest BCUT2D eigenvalue weighted by Gasteiger charge is -2.24. The molecule has 1 aliphatic heterocycles. The molecule has 1 N–H and O–H groups in total. The predicted molar refractivity (Wildman–Crippen MR) is 65.7 cm³/mol. The number of nitrogens with one attached hydrogen (secondary N) is 1. The summed E-state index contributed by atoms with van der Waals surface area (Å²) >= 11 is 8.21. The Morgan fingerprint density at radius 1 is 1.50 bits per heavy atom. The van der Waals surface area contributed by atoms with E-state index in [1.807, 2.05) is 6.07 Å².